The predicted octanol–water partition coefficient (Wildman–Crippen LogP) is 2.74. The van der Waals surface area contributed by atoms with Gasteiger partial charge in [0.1, 0.15) is 18.5 Å². The highest BCUT2D eigenvalue weighted by molar-refractivity contribution is 5.84. The van der Waals surface area contributed by atoms with Crippen LogP contribution in [0.15, 0.2) is 54.6 Å². The minimum Gasteiger partial charge on any atom is -0.491 e. The van der Waals surface area contributed by atoms with E-state index in [0.717, 1.165) is 0 Å². The van der Waals surface area contributed by atoms with E-state index >= 15 is 0 Å². The van der Waals surface area contributed by atoms with Crippen LogP contribution in [-0.2, 0) is 9.47 Å². The average Bonchev–Trinajstić information content (AvgIpc) is 2.70. The number of hydrogen-bond donors (Lipinski definition) is 3. The van der Waals surface area contributed by atoms with Gasteiger partial charge in [-0.05, 0) is 29.8 Å². The van der Waals surface area contributed by atoms with Crippen LogP contribution in [0.3, 0.4) is 0 Å². The molecule has 0 aromatic heterocycles. The summed E-state index contributed by atoms with van der Waals surface area (Å²) >= 11 is 0. The molecule has 0 aliphatic carbocycles. The number of aliphatic hydroxyl groups excluding tert-OH is 2. The molecular weight excluding hydrogens is 350 g/mol. The SMILES string of the molecule is CO[C@@H](CCO)[C@@H](OC(=O)Nc1ccccc1)c1ccc(OCCO)cc1. The summed E-state index contributed by atoms with van der Waals surface area (Å²) in [4.78, 5) is 12.3. The molecular formula is C20H25NO6. The monoisotopic (exact) mass is 375 g/mol. The predicted molar refractivity (Wildman–Crippen MR) is 101 cm³/mol. The summed E-state index contributed by atoms with van der Waals surface area (Å²) in [6, 6.07) is 15.9. The number of ether oxygens (including phenoxy) is 3. The van der Waals surface area contributed by atoms with Crippen molar-refractivity contribution in [3.63, 3.8) is 0 Å². The van der Waals surface area contributed by atoms with Gasteiger partial charge in [0.25, 0.3) is 0 Å². The van der Waals surface area contributed by atoms with Gasteiger partial charge in [-0.25, -0.2) is 4.79 Å². The lowest BCUT2D eigenvalue weighted by molar-refractivity contribution is -0.0306. The topological polar surface area (TPSA) is 97.2 Å². The lowest BCUT2D eigenvalue weighted by Crippen LogP contribution is -2.28. The van der Waals surface area contributed by atoms with Crippen LogP contribution in [0.2, 0.25) is 0 Å². The van der Waals surface area contributed by atoms with Gasteiger partial charge >= 0.3 is 6.09 Å². The molecule has 2 aromatic rings. The first-order valence-electron chi connectivity index (χ1n) is 8.68. The summed E-state index contributed by atoms with van der Waals surface area (Å²) in [6.07, 6.45) is -1.53. The number of rotatable bonds is 10. The molecule has 0 aliphatic heterocycles. The number of carbonyl (C=O) groups is 1. The number of methoxy groups -OCH3 is 1. The van der Waals surface area contributed by atoms with Gasteiger partial charge in [0.05, 0.1) is 6.61 Å². The molecule has 0 bridgehead atoms. The third-order valence-corrected chi connectivity index (χ3v) is 3.88. The summed E-state index contributed by atoms with van der Waals surface area (Å²) in [5.74, 6) is 0.594. The zero-order valence-corrected chi connectivity index (χ0v) is 15.2. The molecule has 0 heterocycles. The number of para-hydroxylation sites is 1. The van der Waals surface area contributed by atoms with Crippen molar-refractivity contribution < 1.29 is 29.2 Å². The molecule has 1 amide bonds. The molecule has 27 heavy (non-hydrogen) atoms. The van der Waals surface area contributed by atoms with Crippen LogP contribution >= 0.6 is 0 Å². The van der Waals surface area contributed by atoms with Crippen molar-refractivity contribution in [2.45, 2.75) is 18.6 Å². The van der Waals surface area contributed by atoms with Gasteiger partial charge < -0.3 is 24.4 Å². The van der Waals surface area contributed by atoms with Crippen molar-refractivity contribution in [3.05, 3.63) is 60.2 Å². The first kappa shape index (κ1) is 20.7. The second kappa shape index (κ2) is 11.2. The minimum atomic E-state index is -0.710. The number of amides is 1. The second-order valence-electron chi connectivity index (χ2n) is 5.74. The number of aliphatic hydroxyl groups is 2. The zero-order valence-electron chi connectivity index (χ0n) is 15.2. The third kappa shape index (κ3) is 6.56. The summed E-state index contributed by atoms with van der Waals surface area (Å²) in [5, 5.41) is 20.8. The largest absolute Gasteiger partial charge is 0.491 e. The Kier molecular flexibility index (Phi) is 8.57. The number of carbonyl (C=O) groups excluding carboxylic acids is 1. The van der Waals surface area contributed by atoms with E-state index < -0.39 is 18.3 Å². The Morgan fingerprint density at radius 3 is 2.33 bits per heavy atom. The van der Waals surface area contributed by atoms with Crippen molar-refractivity contribution in [2.24, 2.45) is 0 Å². The molecule has 0 fully saturated rings. The van der Waals surface area contributed by atoms with E-state index in [1.165, 1.54) is 7.11 Å². The summed E-state index contributed by atoms with van der Waals surface area (Å²) < 4.78 is 16.4. The van der Waals surface area contributed by atoms with E-state index in [4.69, 9.17) is 19.3 Å². The highest BCUT2D eigenvalue weighted by Gasteiger charge is 2.27. The molecule has 146 valence electrons. The van der Waals surface area contributed by atoms with Crippen molar-refractivity contribution in [1.82, 2.24) is 0 Å². The Bertz CT molecular complexity index is 677. The molecule has 7 nitrogen and oxygen atoms in total. The van der Waals surface area contributed by atoms with E-state index in [0.29, 0.717) is 23.4 Å². The van der Waals surface area contributed by atoms with Crippen LogP contribution in [0.5, 0.6) is 5.75 Å². The maximum absolute atomic E-state index is 12.3. The molecule has 0 spiro atoms. The van der Waals surface area contributed by atoms with Gasteiger partial charge in [-0.1, -0.05) is 30.3 Å². The molecule has 3 N–H and O–H groups in total. The standard InChI is InChI=1S/C20H25NO6/c1-25-18(11-12-22)19(15-7-9-17(10-8-15)26-14-13-23)27-20(24)21-16-5-3-2-4-6-16/h2-10,18-19,22-23H,11-14H2,1H3,(H,21,24)/t18-,19-/m0/s1. The highest BCUT2D eigenvalue weighted by Crippen LogP contribution is 2.28. The highest BCUT2D eigenvalue weighted by atomic mass is 16.6. The second-order valence-corrected chi connectivity index (χ2v) is 5.74. The molecule has 0 saturated carbocycles. The molecule has 0 unspecified atom stereocenters. The summed E-state index contributed by atoms with van der Waals surface area (Å²) in [6.45, 7) is 0.0235. The Labute approximate surface area is 158 Å². The fourth-order valence-corrected chi connectivity index (χ4v) is 2.58. The van der Waals surface area contributed by atoms with Gasteiger partial charge in [0.2, 0.25) is 0 Å². The molecule has 7 heteroatoms. The van der Waals surface area contributed by atoms with Crippen LogP contribution in [0.25, 0.3) is 0 Å². The number of hydrogen-bond acceptors (Lipinski definition) is 6. The van der Waals surface area contributed by atoms with E-state index in [1.807, 2.05) is 18.2 Å². The van der Waals surface area contributed by atoms with E-state index in [2.05, 4.69) is 5.32 Å². The molecule has 0 radical (unpaired) electrons. The molecule has 0 aliphatic rings. The average molecular weight is 375 g/mol. The van der Waals surface area contributed by atoms with Gasteiger partial charge in [-0.3, -0.25) is 5.32 Å². The third-order valence-electron chi connectivity index (χ3n) is 3.88. The van der Waals surface area contributed by atoms with Crippen molar-refractivity contribution >= 4 is 11.8 Å². The van der Waals surface area contributed by atoms with Gasteiger partial charge in [-0.15, -0.1) is 0 Å². The fourth-order valence-electron chi connectivity index (χ4n) is 2.58. The van der Waals surface area contributed by atoms with Crippen LogP contribution in [0, 0.1) is 0 Å². The molecule has 2 aromatic carbocycles. The Morgan fingerprint density at radius 2 is 1.74 bits per heavy atom. The number of nitrogens with one attached hydrogen (secondary N) is 1. The Hall–Kier alpha value is -2.61. The van der Waals surface area contributed by atoms with Crippen LogP contribution < -0.4 is 10.1 Å². The van der Waals surface area contributed by atoms with Gasteiger partial charge in [0, 0.05) is 25.8 Å². The smallest absolute Gasteiger partial charge is 0.412 e. The lowest BCUT2D eigenvalue weighted by Gasteiger charge is -2.26. The normalized spacial score (nSPS) is 12.9. The van der Waals surface area contributed by atoms with Crippen molar-refractivity contribution in [1.29, 1.82) is 0 Å². The lowest BCUT2D eigenvalue weighted by atomic mass is 10.0. The summed E-state index contributed by atoms with van der Waals surface area (Å²) in [7, 11) is 1.50. The Balaban J connectivity index is 2.14. The molecule has 2 atom stereocenters. The quantitative estimate of drug-likeness (QED) is 0.591. The first-order valence-corrected chi connectivity index (χ1v) is 8.68. The minimum absolute atomic E-state index is 0.0740. The van der Waals surface area contributed by atoms with Crippen molar-refractivity contribution in [3.8, 4) is 5.75 Å². The zero-order chi connectivity index (χ0) is 19.5. The van der Waals surface area contributed by atoms with Crippen molar-refractivity contribution in [2.75, 3.05) is 32.2 Å². The van der Waals surface area contributed by atoms with E-state index in [-0.39, 0.29) is 19.8 Å². The van der Waals surface area contributed by atoms with Gasteiger partial charge in [0.15, 0.2) is 6.10 Å². The number of anilines is 1. The molecule has 0 saturated heterocycles. The number of benzene rings is 2. The van der Waals surface area contributed by atoms with Gasteiger partial charge in [-0.2, -0.15) is 0 Å². The fraction of sp³-hybridized carbons (Fsp3) is 0.350. The van der Waals surface area contributed by atoms with Crippen LogP contribution in [0.4, 0.5) is 10.5 Å². The van der Waals surface area contributed by atoms with E-state index in [1.54, 1.807) is 36.4 Å². The summed E-state index contributed by atoms with van der Waals surface area (Å²) in [5.41, 5.74) is 1.32. The maximum Gasteiger partial charge on any atom is 0.412 e. The van der Waals surface area contributed by atoms with Crippen LogP contribution in [0.1, 0.15) is 18.1 Å². The maximum atomic E-state index is 12.3. The first-order chi connectivity index (χ1) is 13.2. The molecule has 2 rings (SSSR count). The van der Waals surface area contributed by atoms with Crippen LogP contribution in [-0.4, -0.2) is 49.3 Å². The Morgan fingerprint density at radius 1 is 1.04 bits per heavy atom. The van der Waals surface area contributed by atoms with E-state index in [9.17, 15) is 9.90 Å².